The van der Waals surface area contributed by atoms with Crippen LogP contribution in [-0.4, -0.2) is 242 Å². The van der Waals surface area contributed by atoms with Crippen LogP contribution in [0, 0.1) is 6.92 Å². The summed E-state index contributed by atoms with van der Waals surface area (Å²) in [6.07, 6.45) is -2.01. The zero-order chi connectivity index (χ0) is 64.8. The monoisotopic (exact) mass is 1260 g/mol. The lowest BCUT2D eigenvalue weighted by Crippen LogP contribution is -2.63. The molecular weight excluding hydrogens is 1170 g/mol. The van der Waals surface area contributed by atoms with Gasteiger partial charge in [-0.3, -0.25) is 20.2 Å². The van der Waals surface area contributed by atoms with Gasteiger partial charge in [0.1, 0.15) is 66.6 Å². The number of anilines is 2. The molecule has 0 radical (unpaired) electrons. The van der Waals surface area contributed by atoms with E-state index in [1.54, 1.807) is 4.90 Å². The number of fused-ring (bicyclic) bond motifs is 4. The van der Waals surface area contributed by atoms with E-state index in [-0.39, 0.29) is 49.9 Å². The molecule has 0 saturated carbocycles. The number of carbonyl (C=O) groups excluding carboxylic acids is 1. The second-order valence-corrected chi connectivity index (χ2v) is 23.8. The van der Waals surface area contributed by atoms with E-state index in [0.717, 1.165) is 100 Å². The van der Waals surface area contributed by atoms with Crippen LogP contribution < -0.4 is 54.6 Å². The normalized spacial score (nSPS) is 22.4. The van der Waals surface area contributed by atoms with Crippen molar-refractivity contribution in [3.8, 4) is 11.5 Å². The summed E-state index contributed by atoms with van der Waals surface area (Å²) in [6, 6.07) is 13.8. The fourth-order valence-electron chi connectivity index (χ4n) is 13.4. The van der Waals surface area contributed by atoms with Gasteiger partial charge < -0.3 is 106 Å². The Morgan fingerprint density at radius 3 is 1.78 bits per heavy atom. The summed E-state index contributed by atoms with van der Waals surface area (Å²) in [6.45, 7) is 9.86. The molecule has 90 heavy (non-hydrogen) atoms. The maximum atomic E-state index is 10.7. The number of nitrogens with zero attached hydrogens (tertiary/aromatic N) is 6. The highest BCUT2D eigenvalue weighted by Crippen LogP contribution is 2.59. The van der Waals surface area contributed by atoms with E-state index >= 15 is 0 Å². The van der Waals surface area contributed by atoms with E-state index in [4.69, 9.17) is 67.9 Å². The quantitative estimate of drug-likeness (QED) is 0.0135. The Morgan fingerprint density at radius 2 is 1.23 bits per heavy atom. The molecule has 0 aromatic heterocycles. The Kier molecular flexibility index (Phi) is 25.3. The fourth-order valence-corrected chi connectivity index (χ4v) is 13.4. The molecule has 1 fully saturated rings. The summed E-state index contributed by atoms with van der Waals surface area (Å²) in [5, 5.41) is 89.0. The average Bonchev–Trinajstić information content (AvgIpc) is 0.696. The van der Waals surface area contributed by atoms with Crippen LogP contribution in [0.15, 0.2) is 72.1 Å². The van der Waals surface area contributed by atoms with Crippen molar-refractivity contribution in [1.29, 1.82) is 0 Å². The molecule has 0 spiro atoms. The summed E-state index contributed by atoms with van der Waals surface area (Å²) in [5.41, 5.74) is 32.1. The van der Waals surface area contributed by atoms with Crippen molar-refractivity contribution in [2.75, 3.05) is 129 Å². The molecule has 9 atom stereocenters. The third-order valence-electron chi connectivity index (χ3n) is 17.5. The number of hydrogen-bond donors (Lipinski definition) is 15. The first-order chi connectivity index (χ1) is 43.4. The first-order valence-corrected chi connectivity index (χ1v) is 31.0. The topological polar surface area (TPSA) is 422 Å². The number of hydrogen-bond acceptors (Lipinski definition) is 28. The van der Waals surface area contributed by atoms with Crippen molar-refractivity contribution >= 4 is 18.2 Å². The molecule has 500 valence electrons. The summed E-state index contributed by atoms with van der Waals surface area (Å²) in [7, 11) is 1.21. The Balaban J connectivity index is 0.00000517. The molecular formula is C62H97N13O15. The van der Waals surface area contributed by atoms with Gasteiger partial charge in [0.15, 0.2) is 12.5 Å². The first-order valence-electron chi connectivity index (χ1n) is 31.0. The third kappa shape index (κ3) is 15.7. The average molecular weight is 1260 g/mol. The lowest BCUT2D eigenvalue weighted by Gasteiger charge is -2.48. The van der Waals surface area contributed by atoms with Crippen LogP contribution in [0.25, 0.3) is 0 Å². The second-order valence-electron chi connectivity index (χ2n) is 23.8. The van der Waals surface area contributed by atoms with Crippen LogP contribution in [0.1, 0.15) is 70.2 Å². The molecule has 28 heteroatoms. The van der Waals surface area contributed by atoms with E-state index in [0.29, 0.717) is 44.6 Å². The summed E-state index contributed by atoms with van der Waals surface area (Å²) >= 11 is 0. The van der Waals surface area contributed by atoms with E-state index in [1.807, 2.05) is 6.79 Å². The Labute approximate surface area is 526 Å². The van der Waals surface area contributed by atoms with Gasteiger partial charge in [0.05, 0.1) is 59.4 Å². The van der Waals surface area contributed by atoms with Crippen LogP contribution in [0.3, 0.4) is 0 Å². The molecule has 21 N–H and O–H groups in total. The molecule has 6 aliphatic rings. The summed E-state index contributed by atoms with van der Waals surface area (Å²) in [4.78, 5) is 14.8. The zero-order valence-corrected chi connectivity index (χ0v) is 51.9. The molecule has 6 aliphatic heterocycles. The van der Waals surface area contributed by atoms with Crippen LogP contribution in [0.5, 0.6) is 11.5 Å². The molecule has 9 rings (SSSR count). The largest absolute Gasteiger partial charge is 0.456 e. The number of aryl methyl sites for hydroxylation is 3. The van der Waals surface area contributed by atoms with Crippen molar-refractivity contribution in [1.82, 2.24) is 25.2 Å². The number of carbonyl (C=O) groups is 1. The van der Waals surface area contributed by atoms with Crippen LogP contribution in [0.4, 0.5) is 11.4 Å². The Morgan fingerprint density at radius 1 is 0.711 bits per heavy atom. The van der Waals surface area contributed by atoms with Crippen LogP contribution in [-0.2, 0) is 59.7 Å². The summed E-state index contributed by atoms with van der Waals surface area (Å²) < 4.78 is 36.0. The van der Waals surface area contributed by atoms with Gasteiger partial charge in [-0.1, -0.05) is 24.3 Å². The number of methoxy groups -OCH3 is 1. The molecule has 28 nitrogen and oxygen atoms in total. The zero-order valence-electron chi connectivity index (χ0n) is 51.9. The maximum absolute atomic E-state index is 10.7. The van der Waals surface area contributed by atoms with Gasteiger partial charge in [0, 0.05) is 129 Å². The number of aliphatic hydroxyl groups is 8. The number of benzene rings is 3. The van der Waals surface area contributed by atoms with Crippen molar-refractivity contribution in [3.63, 3.8) is 0 Å². The van der Waals surface area contributed by atoms with Crippen molar-refractivity contribution in [2.45, 2.75) is 119 Å². The van der Waals surface area contributed by atoms with Gasteiger partial charge >= 0.3 is 0 Å². The Bertz CT molecular complexity index is 2840. The number of aliphatic hydroxyl groups excluding tert-OH is 8. The standard InChI is InChI=1S/C61H95N13O14.CH2O/c1-37-9-3-4-14-45(37)61(46-27-38-10-5-16-70-18-7-12-43(50(38)70)57(46)88-58-44-13-8-19-71-17-6-11-39(51(44)71)28-47(58)61)68-15-21-84-23-25-86-26-24-85-22-20-72(65)32-40(62)29-69(30-41(63)33-73(66)59(82)55(80)52(77)48(35-75)83-2)31-42(64)34-74(67)60-56(81)54(79)53(78)49(36-76)87-60;1-2/h3-4,9,14,27-28,32-34,48-49,52-56,59-60,68,75-82H,5-8,10-13,15-26,29-31,35-36,62-67H2,1-2H3;1H2/b40-32-,41-33-,42-34-;. The summed E-state index contributed by atoms with van der Waals surface area (Å²) in [5.74, 6) is 20.6. The smallest absolute Gasteiger partial charge is 0.172 e. The first kappa shape index (κ1) is 69.9. The van der Waals surface area contributed by atoms with Gasteiger partial charge in [0.2, 0.25) is 0 Å². The predicted molar refractivity (Wildman–Crippen MR) is 335 cm³/mol. The van der Waals surface area contributed by atoms with Crippen molar-refractivity contribution in [2.24, 2.45) is 34.7 Å². The number of hydrazine groups is 3. The van der Waals surface area contributed by atoms with Gasteiger partial charge in [-0.05, 0) is 92.7 Å². The van der Waals surface area contributed by atoms with E-state index in [2.05, 4.69) is 58.4 Å². The highest BCUT2D eigenvalue weighted by molar-refractivity contribution is 5.79. The minimum absolute atomic E-state index is 0.0169. The Hall–Kier alpha value is -5.97. The number of rotatable bonds is 31. The van der Waals surface area contributed by atoms with E-state index in [1.165, 1.54) is 80.4 Å². The van der Waals surface area contributed by atoms with E-state index in [9.17, 15) is 40.9 Å². The molecule has 3 aromatic rings. The third-order valence-corrected chi connectivity index (χ3v) is 17.5. The SMILES string of the molecule is C=O.COC(CO)C(O)C(O)C(O)N(N)/C=C(\N)CN(C/C(N)=C/N(N)CCOCCOCCOCCNC1(c2ccccc2C)c2cc3c4c(c2Oc2c1cc1c5c2CCCN5CCC1)CCCN4CCC3)C/C(N)=C/N(N)C1OC(CO)C(O)C(O)C1O. The highest BCUT2D eigenvalue weighted by Gasteiger charge is 2.50. The van der Waals surface area contributed by atoms with Crippen molar-refractivity contribution < 1.29 is 74.1 Å². The molecule has 6 heterocycles. The van der Waals surface area contributed by atoms with Crippen LogP contribution in [0.2, 0.25) is 0 Å². The van der Waals surface area contributed by atoms with Crippen LogP contribution >= 0.6 is 0 Å². The molecule has 9 unspecified atom stereocenters. The number of nitrogens with one attached hydrogen (secondary N) is 1. The van der Waals surface area contributed by atoms with Gasteiger partial charge in [-0.15, -0.1) is 0 Å². The number of ether oxygens (including phenoxy) is 6. The second kappa shape index (κ2) is 32.5. The van der Waals surface area contributed by atoms with Crippen molar-refractivity contribution in [3.05, 3.63) is 117 Å². The molecule has 0 amide bonds. The molecule has 0 bridgehead atoms. The number of nitrogens with two attached hydrogens (primary N) is 6. The minimum Gasteiger partial charge on any atom is -0.456 e. The lowest BCUT2D eigenvalue weighted by atomic mass is 9.69. The minimum atomic E-state index is -1.90. The van der Waals surface area contributed by atoms with E-state index < -0.39 is 73.9 Å². The molecule has 0 aliphatic carbocycles. The molecule has 3 aromatic carbocycles. The fraction of sp³-hybridized carbons (Fsp3) is 0.597. The highest BCUT2D eigenvalue weighted by atomic mass is 16.6. The molecule has 1 saturated heterocycles. The predicted octanol–water partition coefficient (Wildman–Crippen LogP) is -2.68. The lowest BCUT2D eigenvalue weighted by molar-refractivity contribution is -0.259. The maximum Gasteiger partial charge on any atom is 0.172 e. The van der Waals surface area contributed by atoms with Gasteiger partial charge in [0.25, 0.3) is 0 Å². The van der Waals surface area contributed by atoms with Gasteiger partial charge in [-0.2, -0.15) is 0 Å². The van der Waals surface area contributed by atoms with Gasteiger partial charge in [-0.25, -0.2) is 17.5 Å².